The van der Waals surface area contributed by atoms with Crippen LogP contribution in [0.25, 0.3) is 0 Å². The zero-order valence-corrected chi connectivity index (χ0v) is 10.4. The second-order valence-corrected chi connectivity index (χ2v) is 4.71. The van der Waals surface area contributed by atoms with Gasteiger partial charge in [-0.2, -0.15) is 5.10 Å². The lowest BCUT2D eigenvalue weighted by molar-refractivity contribution is 0.692. The maximum Gasteiger partial charge on any atom is 0.103 e. The van der Waals surface area contributed by atoms with Gasteiger partial charge in [-0.3, -0.25) is 4.68 Å². The minimum absolute atomic E-state index is 0.727. The van der Waals surface area contributed by atoms with Gasteiger partial charge in [-0.1, -0.05) is 11.8 Å². The van der Waals surface area contributed by atoms with Crippen molar-refractivity contribution in [1.82, 2.24) is 14.8 Å². The fourth-order valence-electron chi connectivity index (χ4n) is 1.40. The molecular weight excluding hydrogens is 220 g/mol. The van der Waals surface area contributed by atoms with E-state index in [0.29, 0.717) is 0 Å². The molecule has 2 N–H and O–H groups in total. The van der Waals surface area contributed by atoms with Gasteiger partial charge in [0.1, 0.15) is 10.1 Å². The van der Waals surface area contributed by atoms with E-state index in [2.05, 4.69) is 10.1 Å². The third kappa shape index (κ3) is 2.19. The molecule has 0 bridgehead atoms. The van der Waals surface area contributed by atoms with Crippen molar-refractivity contribution in [2.75, 3.05) is 5.73 Å². The summed E-state index contributed by atoms with van der Waals surface area (Å²) >= 11 is 1.59. The van der Waals surface area contributed by atoms with Crippen molar-refractivity contribution in [3.05, 3.63) is 29.6 Å². The number of hydrogen-bond donors (Lipinski definition) is 1. The van der Waals surface area contributed by atoms with E-state index in [1.54, 1.807) is 11.8 Å². The van der Waals surface area contributed by atoms with Crippen molar-refractivity contribution in [3.8, 4) is 0 Å². The highest BCUT2D eigenvalue weighted by Gasteiger charge is 2.06. The summed E-state index contributed by atoms with van der Waals surface area (Å²) in [4.78, 5) is 4.42. The Morgan fingerprint density at radius 2 is 2.06 bits per heavy atom. The molecule has 0 aliphatic heterocycles. The first kappa shape index (κ1) is 11.0. The van der Waals surface area contributed by atoms with Crippen LogP contribution in [0.4, 0.5) is 5.69 Å². The zero-order chi connectivity index (χ0) is 11.7. The van der Waals surface area contributed by atoms with Crippen molar-refractivity contribution in [2.24, 2.45) is 7.05 Å². The van der Waals surface area contributed by atoms with E-state index in [0.717, 1.165) is 27.1 Å². The summed E-state index contributed by atoms with van der Waals surface area (Å²) in [6.07, 6.45) is 0. The van der Waals surface area contributed by atoms with E-state index >= 15 is 0 Å². The molecule has 0 saturated carbocycles. The highest BCUT2D eigenvalue weighted by molar-refractivity contribution is 7.99. The van der Waals surface area contributed by atoms with Gasteiger partial charge in [0.2, 0.25) is 0 Å². The van der Waals surface area contributed by atoms with E-state index in [4.69, 9.17) is 5.73 Å². The first-order valence-corrected chi connectivity index (χ1v) is 5.79. The molecule has 0 unspecified atom stereocenters. The average Bonchev–Trinajstić information content (AvgIpc) is 2.51. The van der Waals surface area contributed by atoms with E-state index in [1.807, 2.05) is 43.8 Å². The van der Waals surface area contributed by atoms with Crippen molar-refractivity contribution in [2.45, 2.75) is 23.9 Å². The Bertz CT molecular complexity index is 519. The predicted octanol–water partition coefficient (Wildman–Crippen LogP) is 2.17. The molecule has 16 heavy (non-hydrogen) atoms. The van der Waals surface area contributed by atoms with Crippen LogP contribution in [0, 0.1) is 13.8 Å². The molecule has 0 saturated heterocycles. The summed E-state index contributed by atoms with van der Waals surface area (Å²) in [6.45, 7) is 3.89. The molecule has 0 radical (unpaired) electrons. The molecule has 5 heteroatoms. The molecule has 0 amide bonds. The van der Waals surface area contributed by atoms with Crippen LogP contribution in [-0.4, -0.2) is 14.8 Å². The van der Waals surface area contributed by atoms with Gasteiger partial charge in [0, 0.05) is 7.05 Å². The monoisotopic (exact) mass is 234 g/mol. The Balaban J connectivity index is 2.27. The second kappa shape index (κ2) is 4.17. The molecule has 0 aromatic carbocycles. The van der Waals surface area contributed by atoms with Gasteiger partial charge < -0.3 is 5.73 Å². The number of nitrogen functional groups attached to an aromatic ring is 1. The fraction of sp³-hybridized carbons (Fsp3) is 0.273. The summed E-state index contributed by atoms with van der Waals surface area (Å²) in [5.74, 6) is 0. The van der Waals surface area contributed by atoms with Crippen LogP contribution in [0.1, 0.15) is 11.4 Å². The Morgan fingerprint density at radius 1 is 1.31 bits per heavy atom. The van der Waals surface area contributed by atoms with Crippen LogP contribution < -0.4 is 5.73 Å². The summed E-state index contributed by atoms with van der Waals surface area (Å²) in [7, 11) is 1.93. The first-order valence-electron chi connectivity index (χ1n) is 4.98. The molecule has 0 fully saturated rings. The third-order valence-electron chi connectivity index (χ3n) is 2.27. The lowest BCUT2D eigenvalue weighted by Gasteiger charge is -2.03. The van der Waals surface area contributed by atoms with Crippen LogP contribution in [-0.2, 0) is 7.05 Å². The highest BCUT2D eigenvalue weighted by Crippen LogP contribution is 2.27. The molecule has 84 valence electrons. The van der Waals surface area contributed by atoms with Crippen molar-refractivity contribution >= 4 is 17.4 Å². The summed E-state index contributed by atoms with van der Waals surface area (Å²) in [6, 6.07) is 5.85. The van der Waals surface area contributed by atoms with Crippen LogP contribution in [0.15, 0.2) is 28.3 Å². The Kier molecular flexibility index (Phi) is 2.87. The standard InChI is InChI=1S/C11H14N4S/c1-7-6-11(15(3)14-7)16-10-5-4-9(12)8(2)13-10/h4-6H,12H2,1-3H3. The molecular formula is C11H14N4S. The number of aromatic nitrogens is 3. The Hall–Kier alpha value is -1.49. The molecule has 0 spiro atoms. The van der Waals surface area contributed by atoms with E-state index < -0.39 is 0 Å². The van der Waals surface area contributed by atoms with Crippen LogP contribution in [0.3, 0.4) is 0 Å². The number of rotatable bonds is 2. The number of nitrogens with zero attached hydrogens (tertiary/aromatic N) is 3. The Morgan fingerprint density at radius 3 is 2.62 bits per heavy atom. The minimum atomic E-state index is 0.727. The average molecular weight is 234 g/mol. The molecule has 0 aliphatic rings. The molecule has 0 aliphatic carbocycles. The minimum Gasteiger partial charge on any atom is -0.397 e. The van der Waals surface area contributed by atoms with Crippen molar-refractivity contribution in [3.63, 3.8) is 0 Å². The van der Waals surface area contributed by atoms with Gasteiger partial charge in [-0.05, 0) is 32.0 Å². The molecule has 2 heterocycles. The number of hydrogen-bond acceptors (Lipinski definition) is 4. The molecule has 0 atom stereocenters. The number of nitrogens with two attached hydrogens (primary N) is 1. The Labute approximate surface area is 98.9 Å². The number of anilines is 1. The molecule has 2 aromatic heterocycles. The maximum absolute atomic E-state index is 5.73. The summed E-state index contributed by atoms with van der Waals surface area (Å²) < 4.78 is 1.85. The van der Waals surface area contributed by atoms with Gasteiger partial charge in [0.15, 0.2) is 0 Å². The fourth-order valence-corrected chi connectivity index (χ4v) is 2.33. The van der Waals surface area contributed by atoms with E-state index in [-0.39, 0.29) is 0 Å². The molecule has 4 nitrogen and oxygen atoms in total. The van der Waals surface area contributed by atoms with Gasteiger partial charge in [-0.15, -0.1) is 0 Å². The largest absolute Gasteiger partial charge is 0.397 e. The van der Waals surface area contributed by atoms with E-state index in [9.17, 15) is 0 Å². The molecule has 2 rings (SSSR count). The quantitative estimate of drug-likeness (QED) is 0.865. The van der Waals surface area contributed by atoms with Crippen molar-refractivity contribution < 1.29 is 0 Å². The van der Waals surface area contributed by atoms with Crippen LogP contribution >= 0.6 is 11.8 Å². The van der Waals surface area contributed by atoms with Gasteiger partial charge in [0.25, 0.3) is 0 Å². The highest BCUT2D eigenvalue weighted by atomic mass is 32.2. The predicted molar refractivity (Wildman–Crippen MR) is 65.5 cm³/mol. The molecule has 2 aromatic rings. The van der Waals surface area contributed by atoms with Gasteiger partial charge >= 0.3 is 0 Å². The first-order chi connectivity index (χ1) is 7.56. The van der Waals surface area contributed by atoms with E-state index in [1.165, 1.54) is 0 Å². The van der Waals surface area contributed by atoms with Crippen molar-refractivity contribution in [1.29, 1.82) is 0 Å². The van der Waals surface area contributed by atoms with Gasteiger partial charge in [0.05, 0.1) is 17.1 Å². The maximum atomic E-state index is 5.73. The SMILES string of the molecule is Cc1cc(Sc2ccc(N)c(C)n2)n(C)n1. The van der Waals surface area contributed by atoms with Crippen LogP contribution in [0.2, 0.25) is 0 Å². The summed E-state index contributed by atoms with van der Waals surface area (Å²) in [5.41, 5.74) is 8.33. The second-order valence-electron chi connectivity index (χ2n) is 3.67. The summed E-state index contributed by atoms with van der Waals surface area (Å²) in [5, 5.41) is 6.31. The smallest absolute Gasteiger partial charge is 0.103 e. The topological polar surface area (TPSA) is 56.7 Å². The van der Waals surface area contributed by atoms with Crippen LogP contribution in [0.5, 0.6) is 0 Å². The normalized spacial score (nSPS) is 10.7. The third-order valence-corrected chi connectivity index (χ3v) is 3.30. The van der Waals surface area contributed by atoms with Gasteiger partial charge in [-0.25, -0.2) is 4.98 Å². The number of aryl methyl sites for hydroxylation is 3. The zero-order valence-electron chi connectivity index (χ0n) is 9.56. The lowest BCUT2D eigenvalue weighted by Crippen LogP contribution is -1.95. The lowest BCUT2D eigenvalue weighted by atomic mass is 10.3. The number of pyridine rings is 1.